The first-order chi connectivity index (χ1) is 10.2. The molecule has 0 radical (unpaired) electrons. The number of para-hydroxylation sites is 2. The summed E-state index contributed by atoms with van der Waals surface area (Å²) >= 11 is 0. The van der Waals surface area contributed by atoms with Crippen LogP contribution in [0.15, 0.2) is 24.3 Å². The predicted octanol–water partition coefficient (Wildman–Crippen LogP) is 1.14. The summed E-state index contributed by atoms with van der Waals surface area (Å²) in [5, 5.41) is 13.7. The van der Waals surface area contributed by atoms with E-state index in [1.54, 1.807) is 37.4 Å². The lowest BCUT2D eigenvalue weighted by atomic mass is 10.2. The highest BCUT2D eigenvalue weighted by Gasteiger charge is 2.09. The molecule has 0 atom stereocenters. The fourth-order valence-corrected chi connectivity index (χ4v) is 1.46. The summed E-state index contributed by atoms with van der Waals surface area (Å²) in [7, 11) is 1.55. The number of rotatable bonds is 8. The molecule has 0 aliphatic heterocycles. The fourth-order valence-electron chi connectivity index (χ4n) is 1.46. The molecule has 0 saturated carbocycles. The van der Waals surface area contributed by atoms with E-state index in [9.17, 15) is 9.59 Å². The minimum Gasteiger partial charge on any atom is -0.382 e. The minimum absolute atomic E-state index is 0.107. The minimum atomic E-state index is -0.435. The van der Waals surface area contributed by atoms with Crippen LogP contribution in [0.25, 0.3) is 0 Å². The Morgan fingerprint density at radius 1 is 1.14 bits per heavy atom. The number of amides is 2. The molecular weight excluding hydrogens is 274 g/mol. The number of methoxy groups -OCH3 is 1. The maximum atomic E-state index is 11.7. The number of carbonyl (C=O) groups excluding carboxylic acids is 2. The highest BCUT2D eigenvalue weighted by molar-refractivity contribution is 6.00. The van der Waals surface area contributed by atoms with Crippen LogP contribution in [-0.2, 0) is 19.1 Å². The first kappa shape index (κ1) is 16.6. The van der Waals surface area contributed by atoms with Gasteiger partial charge < -0.3 is 20.1 Å². The van der Waals surface area contributed by atoms with Gasteiger partial charge in [-0.3, -0.25) is 9.59 Å². The van der Waals surface area contributed by atoms with Crippen LogP contribution in [0.4, 0.5) is 11.4 Å². The largest absolute Gasteiger partial charge is 0.382 e. The van der Waals surface area contributed by atoms with Gasteiger partial charge in [-0.25, -0.2) is 0 Å². The maximum Gasteiger partial charge on any atom is 0.250 e. The zero-order chi connectivity index (χ0) is 15.5. The van der Waals surface area contributed by atoms with E-state index in [0.29, 0.717) is 24.6 Å². The van der Waals surface area contributed by atoms with Crippen molar-refractivity contribution in [2.45, 2.75) is 6.42 Å². The molecule has 1 rings (SSSR count). The van der Waals surface area contributed by atoms with Crippen molar-refractivity contribution < 1.29 is 19.1 Å². The van der Waals surface area contributed by atoms with E-state index in [4.69, 9.17) is 14.7 Å². The number of nitrogens with zero attached hydrogens (tertiary/aromatic N) is 1. The van der Waals surface area contributed by atoms with Crippen molar-refractivity contribution in [2.24, 2.45) is 0 Å². The van der Waals surface area contributed by atoms with Gasteiger partial charge in [0.1, 0.15) is 13.0 Å². The standard InChI is InChI=1S/C14H17N3O4/c1-20-8-9-21-10-14(19)17-12-5-3-2-4-11(12)16-13(18)6-7-15/h2-5H,6,8-10H2,1H3,(H,16,18)(H,17,19). The van der Waals surface area contributed by atoms with Crippen molar-refractivity contribution in [2.75, 3.05) is 37.6 Å². The van der Waals surface area contributed by atoms with E-state index in [0.717, 1.165) is 0 Å². The molecule has 0 aliphatic rings. The van der Waals surface area contributed by atoms with Crippen LogP contribution in [0.2, 0.25) is 0 Å². The molecule has 2 amide bonds. The van der Waals surface area contributed by atoms with Gasteiger partial charge in [-0.15, -0.1) is 0 Å². The Morgan fingerprint density at radius 3 is 2.33 bits per heavy atom. The summed E-state index contributed by atoms with van der Waals surface area (Å²) < 4.78 is 9.90. The average Bonchev–Trinajstić information content (AvgIpc) is 2.46. The van der Waals surface area contributed by atoms with Crippen molar-refractivity contribution in [3.8, 4) is 6.07 Å². The predicted molar refractivity (Wildman–Crippen MR) is 76.6 cm³/mol. The number of benzene rings is 1. The summed E-state index contributed by atoms with van der Waals surface area (Å²) in [5.74, 6) is -0.774. The van der Waals surface area contributed by atoms with Gasteiger partial charge in [0.05, 0.1) is 30.7 Å². The van der Waals surface area contributed by atoms with Crippen LogP contribution < -0.4 is 10.6 Å². The third-order valence-electron chi connectivity index (χ3n) is 2.38. The zero-order valence-electron chi connectivity index (χ0n) is 11.7. The Kier molecular flexibility index (Phi) is 7.50. The molecule has 21 heavy (non-hydrogen) atoms. The van der Waals surface area contributed by atoms with Crippen molar-refractivity contribution in [3.05, 3.63) is 24.3 Å². The second-order valence-electron chi connectivity index (χ2n) is 4.02. The fraction of sp³-hybridized carbons (Fsp3) is 0.357. The van der Waals surface area contributed by atoms with Crippen LogP contribution in [0.1, 0.15) is 6.42 Å². The Morgan fingerprint density at radius 2 is 1.76 bits per heavy atom. The van der Waals surface area contributed by atoms with Gasteiger partial charge in [-0.1, -0.05) is 12.1 Å². The molecule has 1 aromatic carbocycles. The number of anilines is 2. The molecule has 0 aliphatic carbocycles. The number of carbonyl (C=O) groups is 2. The molecule has 0 aromatic heterocycles. The maximum absolute atomic E-state index is 11.7. The molecule has 0 fully saturated rings. The smallest absolute Gasteiger partial charge is 0.250 e. The summed E-state index contributed by atoms with van der Waals surface area (Å²) in [5.41, 5.74) is 0.882. The molecule has 0 bridgehead atoms. The summed E-state index contributed by atoms with van der Waals surface area (Å²) in [6.45, 7) is 0.627. The van der Waals surface area contributed by atoms with Gasteiger partial charge in [0.15, 0.2) is 0 Å². The molecule has 7 nitrogen and oxygen atoms in total. The number of hydrogen-bond donors (Lipinski definition) is 2. The van der Waals surface area contributed by atoms with Crippen LogP contribution in [0.3, 0.4) is 0 Å². The Hall–Kier alpha value is -2.43. The van der Waals surface area contributed by atoms with E-state index in [-0.39, 0.29) is 18.9 Å². The zero-order valence-corrected chi connectivity index (χ0v) is 11.7. The molecule has 0 unspecified atom stereocenters. The molecule has 7 heteroatoms. The molecular formula is C14H17N3O4. The topological polar surface area (TPSA) is 100 Å². The Labute approximate surface area is 122 Å². The lowest BCUT2D eigenvalue weighted by Crippen LogP contribution is -2.21. The Balaban J connectivity index is 2.56. The van der Waals surface area contributed by atoms with Gasteiger partial charge in [0.25, 0.3) is 0 Å². The lowest BCUT2D eigenvalue weighted by molar-refractivity contribution is -0.121. The van der Waals surface area contributed by atoms with E-state index < -0.39 is 5.91 Å². The quantitative estimate of drug-likeness (QED) is 0.699. The second kappa shape index (κ2) is 9.47. The second-order valence-corrected chi connectivity index (χ2v) is 4.02. The van der Waals surface area contributed by atoms with Crippen molar-refractivity contribution in [1.82, 2.24) is 0 Å². The van der Waals surface area contributed by atoms with Crippen LogP contribution >= 0.6 is 0 Å². The number of nitriles is 1. The SMILES string of the molecule is COCCOCC(=O)Nc1ccccc1NC(=O)CC#N. The first-order valence-corrected chi connectivity index (χ1v) is 6.29. The average molecular weight is 291 g/mol. The van der Waals surface area contributed by atoms with Gasteiger partial charge in [-0.05, 0) is 12.1 Å². The number of hydrogen-bond acceptors (Lipinski definition) is 5. The van der Waals surface area contributed by atoms with Gasteiger partial charge in [0, 0.05) is 7.11 Å². The third-order valence-corrected chi connectivity index (χ3v) is 2.38. The van der Waals surface area contributed by atoms with Crippen LogP contribution in [0.5, 0.6) is 0 Å². The van der Waals surface area contributed by atoms with E-state index in [2.05, 4.69) is 10.6 Å². The highest BCUT2D eigenvalue weighted by atomic mass is 16.5. The molecule has 0 spiro atoms. The lowest BCUT2D eigenvalue weighted by Gasteiger charge is -2.11. The number of nitrogens with one attached hydrogen (secondary N) is 2. The monoisotopic (exact) mass is 291 g/mol. The van der Waals surface area contributed by atoms with E-state index >= 15 is 0 Å². The summed E-state index contributed by atoms with van der Waals surface area (Å²) in [6, 6.07) is 8.48. The van der Waals surface area contributed by atoms with Crippen molar-refractivity contribution in [3.63, 3.8) is 0 Å². The van der Waals surface area contributed by atoms with Gasteiger partial charge in [0.2, 0.25) is 11.8 Å². The summed E-state index contributed by atoms with van der Waals surface area (Å²) in [6.07, 6.45) is -0.248. The molecule has 0 heterocycles. The Bertz CT molecular complexity index is 525. The van der Waals surface area contributed by atoms with Crippen molar-refractivity contribution in [1.29, 1.82) is 5.26 Å². The molecule has 2 N–H and O–H groups in total. The molecule has 1 aromatic rings. The van der Waals surface area contributed by atoms with Gasteiger partial charge >= 0.3 is 0 Å². The van der Waals surface area contributed by atoms with Gasteiger partial charge in [-0.2, -0.15) is 5.26 Å². The normalized spacial score (nSPS) is 9.71. The van der Waals surface area contributed by atoms with Crippen LogP contribution in [0, 0.1) is 11.3 Å². The summed E-state index contributed by atoms with van der Waals surface area (Å²) in [4.78, 5) is 23.1. The third kappa shape index (κ3) is 6.51. The highest BCUT2D eigenvalue weighted by Crippen LogP contribution is 2.20. The molecule has 112 valence electrons. The van der Waals surface area contributed by atoms with E-state index in [1.165, 1.54) is 0 Å². The first-order valence-electron chi connectivity index (χ1n) is 6.29. The van der Waals surface area contributed by atoms with Crippen molar-refractivity contribution >= 4 is 23.2 Å². The van der Waals surface area contributed by atoms with Crippen LogP contribution in [-0.4, -0.2) is 38.7 Å². The van der Waals surface area contributed by atoms with E-state index in [1.807, 2.05) is 0 Å². The molecule has 0 saturated heterocycles. The number of ether oxygens (including phenoxy) is 2.